The van der Waals surface area contributed by atoms with Gasteiger partial charge >= 0.3 is 0 Å². The van der Waals surface area contributed by atoms with Crippen LogP contribution in [0.5, 0.6) is 5.75 Å². The number of carbonyl (C=O) groups is 1. The maximum Gasteiger partial charge on any atom is 0.273 e. The van der Waals surface area contributed by atoms with E-state index in [9.17, 15) is 4.79 Å². The predicted octanol–water partition coefficient (Wildman–Crippen LogP) is 4.00. The zero-order chi connectivity index (χ0) is 20.3. The standard InChI is InChI=1S/C21H23ClN4O2/c1-14-5-7-17(8-6-14)28-12-11-25(4)21(27)20-18(22)9-10-19(23-20)26-16(3)13-15(2)24-26/h5-10,13H,11-12H2,1-4H3. The molecule has 6 nitrogen and oxygen atoms in total. The molecule has 146 valence electrons. The monoisotopic (exact) mass is 398 g/mol. The molecule has 0 aliphatic rings. The summed E-state index contributed by atoms with van der Waals surface area (Å²) in [4.78, 5) is 18.8. The second kappa shape index (κ2) is 8.44. The number of halogens is 1. The highest BCUT2D eigenvalue weighted by Crippen LogP contribution is 2.19. The molecule has 0 N–H and O–H groups in total. The highest BCUT2D eigenvalue weighted by Gasteiger charge is 2.19. The average Bonchev–Trinajstić information content (AvgIpc) is 3.01. The molecule has 0 bridgehead atoms. The molecule has 7 heteroatoms. The lowest BCUT2D eigenvalue weighted by Crippen LogP contribution is -2.32. The van der Waals surface area contributed by atoms with E-state index in [1.54, 1.807) is 28.8 Å². The lowest BCUT2D eigenvalue weighted by Gasteiger charge is -2.18. The van der Waals surface area contributed by atoms with Crippen molar-refractivity contribution in [3.8, 4) is 11.6 Å². The van der Waals surface area contributed by atoms with Crippen molar-refractivity contribution in [2.75, 3.05) is 20.2 Å². The number of benzene rings is 1. The summed E-state index contributed by atoms with van der Waals surface area (Å²) in [7, 11) is 1.70. The van der Waals surface area contributed by atoms with Crippen LogP contribution in [0.15, 0.2) is 42.5 Å². The number of ether oxygens (including phenoxy) is 1. The van der Waals surface area contributed by atoms with E-state index in [0.29, 0.717) is 24.0 Å². The minimum Gasteiger partial charge on any atom is -0.492 e. The zero-order valence-corrected chi connectivity index (χ0v) is 17.2. The number of likely N-dealkylation sites (N-methyl/N-ethyl adjacent to an activating group) is 1. The fourth-order valence-electron chi connectivity index (χ4n) is 2.78. The number of nitrogens with zero attached hydrogens (tertiary/aromatic N) is 4. The quantitative estimate of drug-likeness (QED) is 0.629. The molecule has 0 saturated heterocycles. The molecule has 0 spiro atoms. The second-order valence-electron chi connectivity index (χ2n) is 6.73. The summed E-state index contributed by atoms with van der Waals surface area (Å²) < 4.78 is 7.40. The molecule has 0 radical (unpaired) electrons. The summed E-state index contributed by atoms with van der Waals surface area (Å²) in [5.41, 5.74) is 3.19. The van der Waals surface area contributed by atoms with Crippen LogP contribution in [-0.2, 0) is 0 Å². The van der Waals surface area contributed by atoms with Crippen molar-refractivity contribution < 1.29 is 9.53 Å². The first-order valence-corrected chi connectivity index (χ1v) is 9.38. The van der Waals surface area contributed by atoms with E-state index < -0.39 is 0 Å². The van der Waals surface area contributed by atoms with Crippen LogP contribution in [0.25, 0.3) is 5.82 Å². The lowest BCUT2D eigenvalue weighted by molar-refractivity contribution is 0.0768. The fourth-order valence-corrected chi connectivity index (χ4v) is 2.96. The van der Waals surface area contributed by atoms with Crippen LogP contribution < -0.4 is 4.74 Å². The summed E-state index contributed by atoms with van der Waals surface area (Å²) in [5, 5.41) is 4.72. The van der Waals surface area contributed by atoms with Gasteiger partial charge in [-0.25, -0.2) is 9.67 Å². The number of amides is 1. The van der Waals surface area contributed by atoms with Crippen molar-refractivity contribution in [1.29, 1.82) is 0 Å². The molecular weight excluding hydrogens is 376 g/mol. The number of hydrogen-bond donors (Lipinski definition) is 0. The molecule has 0 aliphatic heterocycles. The van der Waals surface area contributed by atoms with E-state index in [-0.39, 0.29) is 11.6 Å². The van der Waals surface area contributed by atoms with Gasteiger partial charge in [0.25, 0.3) is 5.91 Å². The molecule has 0 fully saturated rings. The van der Waals surface area contributed by atoms with Gasteiger partial charge in [0.05, 0.1) is 17.3 Å². The molecule has 0 unspecified atom stereocenters. The van der Waals surface area contributed by atoms with Gasteiger partial charge in [0, 0.05) is 12.7 Å². The lowest BCUT2D eigenvalue weighted by atomic mass is 10.2. The molecule has 28 heavy (non-hydrogen) atoms. The number of aromatic nitrogens is 3. The molecule has 0 atom stereocenters. The van der Waals surface area contributed by atoms with Gasteiger partial charge in [0.1, 0.15) is 18.1 Å². The third kappa shape index (κ3) is 4.51. The molecule has 0 aliphatic carbocycles. The number of carbonyl (C=O) groups excluding carboxylic acids is 1. The van der Waals surface area contributed by atoms with E-state index in [4.69, 9.17) is 16.3 Å². The molecular formula is C21H23ClN4O2. The Balaban J connectivity index is 1.69. The van der Waals surface area contributed by atoms with Gasteiger partial charge in [-0.05, 0) is 51.1 Å². The molecule has 3 aromatic rings. The number of aryl methyl sites for hydroxylation is 3. The predicted molar refractivity (Wildman–Crippen MR) is 109 cm³/mol. The van der Waals surface area contributed by atoms with Crippen molar-refractivity contribution in [3.05, 3.63) is 70.1 Å². The molecule has 2 heterocycles. The van der Waals surface area contributed by atoms with E-state index in [0.717, 1.165) is 17.1 Å². The van der Waals surface area contributed by atoms with Crippen LogP contribution in [0.1, 0.15) is 27.4 Å². The van der Waals surface area contributed by atoms with Gasteiger partial charge < -0.3 is 9.64 Å². The first-order chi connectivity index (χ1) is 13.3. The summed E-state index contributed by atoms with van der Waals surface area (Å²) in [6.07, 6.45) is 0. The number of hydrogen-bond acceptors (Lipinski definition) is 4. The summed E-state index contributed by atoms with van der Waals surface area (Å²) >= 11 is 6.24. The van der Waals surface area contributed by atoms with E-state index in [1.165, 1.54) is 5.56 Å². The van der Waals surface area contributed by atoms with Crippen molar-refractivity contribution in [2.45, 2.75) is 20.8 Å². The Hall–Kier alpha value is -2.86. The van der Waals surface area contributed by atoms with Crippen LogP contribution in [0, 0.1) is 20.8 Å². The van der Waals surface area contributed by atoms with Crippen molar-refractivity contribution in [2.24, 2.45) is 0 Å². The normalized spacial score (nSPS) is 10.8. The maximum atomic E-state index is 12.8. The summed E-state index contributed by atoms with van der Waals surface area (Å²) in [5.74, 6) is 1.07. The highest BCUT2D eigenvalue weighted by molar-refractivity contribution is 6.33. The third-order valence-corrected chi connectivity index (χ3v) is 4.63. The van der Waals surface area contributed by atoms with Crippen LogP contribution in [-0.4, -0.2) is 45.8 Å². The smallest absolute Gasteiger partial charge is 0.273 e. The molecule has 2 aromatic heterocycles. The largest absolute Gasteiger partial charge is 0.492 e. The van der Waals surface area contributed by atoms with Crippen molar-refractivity contribution >= 4 is 17.5 Å². The van der Waals surface area contributed by atoms with Gasteiger partial charge in [-0.3, -0.25) is 4.79 Å². The van der Waals surface area contributed by atoms with Gasteiger partial charge in [-0.15, -0.1) is 0 Å². The van der Waals surface area contributed by atoms with Gasteiger partial charge in [-0.2, -0.15) is 5.10 Å². The minimum atomic E-state index is -0.263. The van der Waals surface area contributed by atoms with Crippen LogP contribution >= 0.6 is 11.6 Å². The SMILES string of the molecule is Cc1ccc(OCCN(C)C(=O)c2nc(-n3nc(C)cc3C)ccc2Cl)cc1. The Labute approximate surface area is 169 Å². The van der Waals surface area contributed by atoms with E-state index in [2.05, 4.69) is 10.1 Å². The molecule has 0 saturated carbocycles. The Bertz CT molecular complexity index is 983. The van der Waals surface area contributed by atoms with E-state index >= 15 is 0 Å². The Morgan fingerprint density at radius 2 is 1.86 bits per heavy atom. The van der Waals surface area contributed by atoms with Crippen molar-refractivity contribution in [1.82, 2.24) is 19.7 Å². The Kier molecular flexibility index (Phi) is 5.99. The average molecular weight is 399 g/mol. The minimum absolute atomic E-state index is 0.199. The first kappa shape index (κ1) is 19.9. The van der Waals surface area contributed by atoms with Gasteiger partial charge in [-0.1, -0.05) is 29.3 Å². The molecule has 1 amide bonds. The topological polar surface area (TPSA) is 60.2 Å². The van der Waals surface area contributed by atoms with Crippen LogP contribution in [0.3, 0.4) is 0 Å². The number of pyridine rings is 1. The highest BCUT2D eigenvalue weighted by atomic mass is 35.5. The number of rotatable bonds is 6. The Morgan fingerprint density at radius 3 is 2.50 bits per heavy atom. The van der Waals surface area contributed by atoms with E-state index in [1.807, 2.05) is 51.1 Å². The summed E-state index contributed by atoms with van der Waals surface area (Å²) in [6, 6.07) is 13.2. The fraction of sp³-hybridized carbons (Fsp3) is 0.286. The molecule has 1 aromatic carbocycles. The Morgan fingerprint density at radius 1 is 1.14 bits per heavy atom. The third-order valence-electron chi connectivity index (χ3n) is 4.32. The first-order valence-electron chi connectivity index (χ1n) is 9.00. The summed E-state index contributed by atoms with van der Waals surface area (Å²) in [6.45, 7) is 6.65. The second-order valence-corrected chi connectivity index (χ2v) is 7.13. The van der Waals surface area contributed by atoms with Crippen LogP contribution in [0.2, 0.25) is 5.02 Å². The van der Waals surface area contributed by atoms with Gasteiger partial charge in [0.2, 0.25) is 0 Å². The molecule has 3 rings (SSSR count). The van der Waals surface area contributed by atoms with Gasteiger partial charge in [0.15, 0.2) is 5.82 Å². The van der Waals surface area contributed by atoms with Crippen molar-refractivity contribution in [3.63, 3.8) is 0 Å². The van der Waals surface area contributed by atoms with Crippen LogP contribution in [0.4, 0.5) is 0 Å². The maximum absolute atomic E-state index is 12.8. The zero-order valence-electron chi connectivity index (χ0n) is 16.4.